The number of carbonyl (C=O) groups is 2. The molecule has 9 nitrogen and oxygen atoms in total. The van der Waals surface area contributed by atoms with E-state index in [1.54, 1.807) is 17.3 Å². The molecule has 2 saturated heterocycles. The fourth-order valence-electron chi connectivity index (χ4n) is 4.34. The van der Waals surface area contributed by atoms with Gasteiger partial charge in [0.2, 0.25) is 0 Å². The Bertz CT molecular complexity index is 1020. The standard InChI is InChI=1S/C27H37N5O4/c1-27(2,3)36-26(34)32-11-9-20(10-12-32)19-35-25-28-17-23(18-29-25)21-5-7-22(8-6-21)24(33)31-15-13-30(4)14-16-31/h5-8,17-18,20H,9-16,19H2,1-4H3. The number of nitrogens with zero attached hydrogens (tertiary/aromatic N) is 5. The highest BCUT2D eigenvalue weighted by Gasteiger charge is 2.27. The fraction of sp³-hybridized carbons (Fsp3) is 0.556. The second-order valence-electron chi connectivity index (χ2n) is 10.6. The zero-order valence-corrected chi connectivity index (χ0v) is 21.8. The molecule has 1 aromatic carbocycles. The maximum absolute atomic E-state index is 12.7. The summed E-state index contributed by atoms with van der Waals surface area (Å²) in [5.74, 6) is 0.420. The maximum atomic E-state index is 12.7. The second kappa shape index (κ2) is 11.2. The van der Waals surface area contributed by atoms with Crippen molar-refractivity contribution < 1.29 is 19.1 Å². The minimum absolute atomic E-state index is 0.0755. The Labute approximate surface area is 213 Å². The number of piperazine rings is 1. The van der Waals surface area contributed by atoms with Crippen molar-refractivity contribution in [3.8, 4) is 17.1 Å². The van der Waals surface area contributed by atoms with E-state index in [9.17, 15) is 9.59 Å². The molecule has 3 heterocycles. The molecule has 4 rings (SSSR count). The molecule has 0 unspecified atom stereocenters. The molecule has 0 aliphatic carbocycles. The van der Waals surface area contributed by atoms with Gasteiger partial charge in [0.05, 0.1) is 6.61 Å². The van der Waals surface area contributed by atoms with Crippen LogP contribution in [-0.2, 0) is 4.74 Å². The molecule has 9 heteroatoms. The molecule has 0 spiro atoms. The summed E-state index contributed by atoms with van der Waals surface area (Å²) in [6, 6.07) is 7.94. The Hall–Kier alpha value is -3.20. The van der Waals surface area contributed by atoms with Crippen molar-refractivity contribution >= 4 is 12.0 Å². The van der Waals surface area contributed by atoms with Gasteiger partial charge in [0.15, 0.2) is 0 Å². The summed E-state index contributed by atoms with van der Waals surface area (Å²) in [6.07, 6.45) is 4.94. The van der Waals surface area contributed by atoms with Gasteiger partial charge in [0.25, 0.3) is 5.91 Å². The van der Waals surface area contributed by atoms with Crippen LogP contribution in [0.25, 0.3) is 11.1 Å². The van der Waals surface area contributed by atoms with Crippen LogP contribution in [-0.4, -0.2) is 95.2 Å². The van der Waals surface area contributed by atoms with Crippen molar-refractivity contribution in [2.24, 2.45) is 5.92 Å². The highest BCUT2D eigenvalue weighted by atomic mass is 16.6. The first-order valence-corrected chi connectivity index (χ1v) is 12.7. The van der Waals surface area contributed by atoms with Crippen LogP contribution in [0.4, 0.5) is 4.79 Å². The lowest BCUT2D eigenvalue weighted by atomic mass is 9.98. The van der Waals surface area contributed by atoms with Crippen molar-refractivity contribution in [3.05, 3.63) is 42.2 Å². The van der Waals surface area contributed by atoms with Gasteiger partial charge in [-0.25, -0.2) is 14.8 Å². The summed E-state index contributed by atoms with van der Waals surface area (Å²) in [5, 5.41) is 0. The Morgan fingerprint density at radius 3 is 2.08 bits per heavy atom. The van der Waals surface area contributed by atoms with Crippen molar-refractivity contribution in [1.82, 2.24) is 24.7 Å². The van der Waals surface area contributed by atoms with Gasteiger partial charge in [-0.2, -0.15) is 0 Å². The Kier molecular flexibility index (Phi) is 8.08. The molecule has 0 atom stereocenters. The molecule has 2 aromatic rings. The van der Waals surface area contributed by atoms with Crippen LogP contribution < -0.4 is 4.74 Å². The van der Waals surface area contributed by atoms with Gasteiger partial charge in [-0.1, -0.05) is 12.1 Å². The smallest absolute Gasteiger partial charge is 0.410 e. The average molecular weight is 496 g/mol. The predicted octanol–water partition coefficient (Wildman–Crippen LogP) is 3.56. The zero-order chi connectivity index (χ0) is 25.7. The Morgan fingerprint density at radius 2 is 1.50 bits per heavy atom. The van der Waals surface area contributed by atoms with Gasteiger partial charge >= 0.3 is 12.1 Å². The molecule has 1 aromatic heterocycles. The number of likely N-dealkylation sites (tertiary alicyclic amines) is 1. The fourth-order valence-corrected chi connectivity index (χ4v) is 4.34. The summed E-state index contributed by atoms with van der Waals surface area (Å²) in [4.78, 5) is 39.6. The minimum Gasteiger partial charge on any atom is -0.463 e. The van der Waals surface area contributed by atoms with Crippen LogP contribution in [0.1, 0.15) is 44.0 Å². The van der Waals surface area contributed by atoms with Crippen LogP contribution in [0.15, 0.2) is 36.7 Å². The maximum Gasteiger partial charge on any atom is 0.410 e. The largest absolute Gasteiger partial charge is 0.463 e. The van der Waals surface area contributed by atoms with E-state index in [0.29, 0.717) is 37.2 Å². The van der Waals surface area contributed by atoms with Crippen molar-refractivity contribution in [2.45, 2.75) is 39.2 Å². The van der Waals surface area contributed by atoms with Crippen LogP contribution in [0, 0.1) is 5.92 Å². The third-order valence-corrected chi connectivity index (χ3v) is 6.60. The van der Waals surface area contributed by atoms with E-state index in [4.69, 9.17) is 9.47 Å². The molecule has 0 N–H and O–H groups in total. The first-order chi connectivity index (χ1) is 17.2. The van der Waals surface area contributed by atoms with Gasteiger partial charge in [-0.3, -0.25) is 4.79 Å². The van der Waals surface area contributed by atoms with E-state index < -0.39 is 5.60 Å². The molecule has 2 fully saturated rings. The minimum atomic E-state index is -0.482. The monoisotopic (exact) mass is 495 g/mol. The summed E-state index contributed by atoms with van der Waals surface area (Å²) in [5.41, 5.74) is 2.03. The van der Waals surface area contributed by atoms with Gasteiger partial charge in [0, 0.05) is 62.8 Å². The summed E-state index contributed by atoms with van der Waals surface area (Å²) < 4.78 is 11.3. The van der Waals surface area contributed by atoms with E-state index in [-0.39, 0.29) is 12.0 Å². The highest BCUT2D eigenvalue weighted by molar-refractivity contribution is 5.94. The van der Waals surface area contributed by atoms with Crippen LogP contribution in [0.3, 0.4) is 0 Å². The zero-order valence-electron chi connectivity index (χ0n) is 21.8. The number of carbonyl (C=O) groups excluding carboxylic acids is 2. The topological polar surface area (TPSA) is 88.1 Å². The lowest BCUT2D eigenvalue weighted by Crippen LogP contribution is -2.47. The quantitative estimate of drug-likeness (QED) is 0.627. The number of likely N-dealkylation sites (N-methyl/N-ethyl adjacent to an activating group) is 1. The number of aromatic nitrogens is 2. The lowest BCUT2D eigenvalue weighted by molar-refractivity contribution is 0.0163. The third kappa shape index (κ3) is 6.94. The van der Waals surface area contributed by atoms with E-state index >= 15 is 0 Å². The molecule has 2 amide bonds. The second-order valence-corrected chi connectivity index (χ2v) is 10.6. The van der Waals surface area contributed by atoms with Crippen molar-refractivity contribution in [3.63, 3.8) is 0 Å². The summed E-state index contributed by atoms with van der Waals surface area (Å²) >= 11 is 0. The van der Waals surface area contributed by atoms with Gasteiger partial charge in [-0.15, -0.1) is 0 Å². The van der Waals surface area contributed by atoms with Crippen molar-refractivity contribution in [1.29, 1.82) is 0 Å². The van der Waals surface area contributed by atoms with E-state index in [2.05, 4.69) is 21.9 Å². The van der Waals surface area contributed by atoms with E-state index in [1.165, 1.54) is 0 Å². The molecule has 0 bridgehead atoms. The number of hydrogen-bond acceptors (Lipinski definition) is 7. The number of piperidine rings is 1. The normalized spacial score (nSPS) is 17.7. The Balaban J connectivity index is 1.24. The average Bonchev–Trinajstić information content (AvgIpc) is 2.87. The van der Waals surface area contributed by atoms with Crippen molar-refractivity contribution in [2.75, 3.05) is 52.9 Å². The van der Waals surface area contributed by atoms with E-state index in [0.717, 1.165) is 50.1 Å². The molecule has 0 radical (unpaired) electrons. The third-order valence-electron chi connectivity index (χ3n) is 6.60. The Morgan fingerprint density at radius 1 is 0.889 bits per heavy atom. The summed E-state index contributed by atoms with van der Waals surface area (Å²) in [6.45, 7) is 10.8. The van der Waals surface area contributed by atoms with Gasteiger partial charge in [-0.05, 0) is 64.3 Å². The number of benzene rings is 1. The van der Waals surface area contributed by atoms with Gasteiger partial charge < -0.3 is 24.2 Å². The lowest BCUT2D eigenvalue weighted by Gasteiger charge is -2.33. The number of hydrogen-bond donors (Lipinski definition) is 0. The highest BCUT2D eigenvalue weighted by Crippen LogP contribution is 2.22. The molecule has 2 aliphatic heterocycles. The van der Waals surface area contributed by atoms with Crippen LogP contribution in [0.2, 0.25) is 0 Å². The number of amides is 2. The number of ether oxygens (including phenoxy) is 2. The molecule has 0 saturated carbocycles. The van der Waals surface area contributed by atoms with Crippen LogP contribution in [0.5, 0.6) is 6.01 Å². The molecule has 194 valence electrons. The van der Waals surface area contributed by atoms with Crippen LogP contribution >= 0.6 is 0 Å². The number of rotatable bonds is 5. The van der Waals surface area contributed by atoms with E-state index in [1.807, 2.05) is 49.9 Å². The molecular weight excluding hydrogens is 458 g/mol. The molecular formula is C27H37N5O4. The summed E-state index contributed by atoms with van der Waals surface area (Å²) in [7, 11) is 2.08. The van der Waals surface area contributed by atoms with Gasteiger partial charge in [0.1, 0.15) is 5.60 Å². The first-order valence-electron chi connectivity index (χ1n) is 12.7. The SMILES string of the molecule is CN1CCN(C(=O)c2ccc(-c3cnc(OCC4CCN(C(=O)OC(C)(C)C)CC4)nc3)cc2)CC1. The first kappa shape index (κ1) is 25.9. The predicted molar refractivity (Wildman–Crippen MR) is 137 cm³/mol. The molecule has 36 heavy (non-hydrogen) atoms. The molecule has 2 aliphatic rings.